The Morgan fingerprint density at radius 1 is 0.905 bits per heavy atom. The minimum absolute atomic E-state index is 0.113. The molecule has 0 saturated carbocycles. The molecule has 4 atom stereocenters. The van der Waals surface area contributed by atoms with Crippen molar-refractivity contribution >= 4 is 5.97 Å². The van der Waals surface area contributed by atoms with Crippen LogP contribution in [0.5, 0.6) is 28.7 Å². The van der Waals surface area contributed by atoms with Gasteiger partial charge in [0.15, 0.2) is 23.0 Å². The fourth-order valence-corrected chi connectivity index (χ4v) is 6.92. The van der Waals surface area contributed by atoms with Crippen LogP contribution in [0.4, 0.5) is 0 Å². The molecule has 4 heterocycles. The Hall–Kier alpha value is -4.80. The number of pyridine rings is 1. The number of esters is 1. The molecule has 7 rings (SSSR count). The van der Waals surface area contributed by atoms with Crippen molar-refractivity contribution < 1.29 is 33.2 Å². The van der Waals surface area contributed by atoms with E-state index in [4.69, 9.17) is 28.4 Å². The number of benzene rings is 2. The number of hydrogen-bond donors (Lipinski definition) is 0. The molecule has 1 aliphatic carbocycles. The first-order valence-electron chi connectivity index (χ1n) is 13.6. The summed E-state index contributed by atoms with van der Waals surface area (Å²) >= 11 is 0. The molecule has 1 unspecified atom stereocenters. The van der Waals surface area contributed by atoms with Gasteiger partial charge in [-0.05, 0) is 60.0 Å². The van der Waals surface area contributed by atoms with Gasteiger partial charge in [0.05, 0.1) is 44.7 Å². The van der Waals surface area contributed by atoms with E-state index in [0.29, 0.717) is 40.1 Å². The Labute approximate surface area is 242 Å². The average Bonchev–Trinajstić information content (AvgIpc) is 3.74. The number of aromatic nitrogens is 4. The molecule has 1 fully saturated rings. The van der Waals surface area contributed by atoms with Gasteiger partial charge in [-0.2, -0.15) is 0 Å². The van der Waals surface area contributed by atoms with Crippen LogP contribution in [0.1, 0.15) is 42.5 Å². The van der Waals surface area contributed by atoms with Crippen molar-refractivity contribution in [1.29, 1.82) is 0 Å². The largest absolute Gasteiger partial charge is 0.493 e. The first-order valence-corrected chi connectivity index (χ1v) is 13.6. The highest BCUT2D eigenvalue weighted by Crippen LogP contribution is 2.67. The lowest BCUT2D eigenvalue weighted by Crippen LogP contribution is -2.53. The van der Waals surface area contributed by atoms with Gasteiger partial charge in [-0.3, -0.25) is 9.78 Å². The average molecular weight is 571 g/mol. The molecular weight excluding hydrogens is 540 g/mol. The van der Waals surface area contributed by atoms with Crippen LogP contribution in [-0.4, -0.2) is 60.7 Å². The molecule has 1 saturated heterocycles. The van der Waals surface area contributed by atoms with Crippen LogP contribution in [0.3, 0.4) is 0 Å². The van der Waals surface area contributed by atoms with Crippen LogP contribution in [0, 0.1) is 10.8 Å². The summed E-state index contributed by atoms with van der Waals surface area (Å²) in [5, 5.41) is 9.03. The summed E-state index contributed by atoms with van der Waals surface area (Å²) < 4.78 is 36.4. The number of carbonyl (C=O) groups is 1. The van der Waals surface area contributed by atoms with Crippen LogP contribution in [0.15, 0.2) is 54.9 Å². The van der Waals surface area contributed by atoms with Gasteiger partial charge in [-0.1, -0.05) is 18.2 Å². The van der Waals surface area contributed by atoms with Crippen LogP contribution in [0.2, 0.25) is 0 Å². The van der Waals surface area contributed by atoms with Gasteiger partial charge in [0, 0.05) is 17.5 Å². The van der Waals surface area contributed by atoms with Gasteiger partial charge in [0.1, 0.15) is 12.3 Å². The summed E-state index contributed by atoms with van der Waals surface area (Å²) in [7, 11) is 4.71. The van der Waals surface area contributed by atoms with Gasteiger partial charge in [-0.15, -0.1) is 5.10 Å². The van der Waals surface area contributed by atoms with E-state index in [-0.39, 0.29) is 19.4 Å². The third kappa shape index (κ3) is 3.45. The minimum Gasteiger partial charge on any atom is -0.493 e. The van der Waals surface area contributed by atoms with Gasteiger partial charge in [0.2, 0.25) is 12.5 Å². The summed E-state index contributed by atoms with van der Waals surface area (Å²) in [6, 6.07) is 13.0. The van der Waals surface area contributed by atoms with Gasteiger partial charge in [0.25, 0.3) is 0 Å². The normalized spacial score (nSPS) is 25.4. The molecule has 0 bridgehead atoms. The maximum absolute atomic E-state index is 14.0. The third-order valence-electron chi connectivity index (χ3n) is 9.20. The van der Waals surface area contributed by atoms with Crippen molar-refractivity contribution in [3.05, 3.63) is 71.5 Å². The summed E-state index contributed by atoms with van der Waals surface area (Å²) in [6.45, 7) is 4.33. The molecule has 11 nitrogen and oxygen atoms in total. The Morgan fingerprint density at radius 3 is 2.26 bits per heavy atom. The van der Waals surface area contributed by atoms with E-state index >= 15 is 0 Å². The Kier molecular flexibility index (Phi) is 5.83. The monoisotopic (exact) mass is 570 g/mol. The van der Waals surface area contributed by atoms with Crippen LogP contribution in [-0.2, 0) is 9.53 Å². The summed E-state index contributed by atoms with van der Waals surface area (Å²) in [4.78, 5) is 18.4. The van der Waals surface area contributed by atoms with Gasteiger partial charge < -0.3 is 28.4 Å². The Morgan fingerprint density at radius 2 is 1.62 bits per heavy atom. The first-order chi connectivity index (χ1) is 20.3. The molecule has 0 N–H and O–H groups in total. The third-order valence-corrected chi connectivity index (χ3v) is 9.20. The van der Waals surface area contributed by atoms with Crippen LogP contribution in [0.25, 0.3) is 11.4 Å². The minimum atomic E-state index is -1.04. The topological polar surface area (TPSA) is 116 Å². The number of carbonyl (C=O) groups excluding carboxylic acids is 1. The van der Waals surface area contributed by atoms with E-state index in [0.717, 1.165) is 16.7 Å². The predicted molar refractivity (Wildman–Crippen MR) is 149 cm³/mol. The second kappa shape index (κ2) is 9.37. The quantitative estimate of drug-likeness (QED) is 0.309. The highest BCUT2D eigenvalue weighted by atomic mass is 16.7. The van der Waals surface area contributed by atoms with Crippen molar-refractivity contribution in [2.75, 3.05) is 34.7 Å². The van der Waals surface area contributed by atoms with Crippen molar-refractivity contribution in [2.24, 2.45) is 10.8 Å². The number of hydrogen-bond acceptors (Lipinski definition) is 10. The van der Waals surface area contributed by atoms with E-state index in [1.54, 1.807) is 27.5 Å². The zero-order chi connectivity index (χ0) is 29.2. The zero-order valence-corrected chi connectivity index (χ0v) is 23.9. The number of rotatable bonds is 6. The molecule has 0 radical (unpaired) electrons. The lowest BCUT2D eigenvalue weighted by Gasteiger charge is -2.51. The van der Waals surface area contributed by atoms with Crippen LogP contribution >= 0.6 is 0 Å². The smallest absolute Gasteiger partial charge is 0.313 e. The number of fused-ring (bicyclic) bond motifs is 3. The highest BCUT2D eigenvalue weighted by Gasteiger charge is 2.68. The number of cyclic esters (lactones) is 1. The SMILES string of the molecule is COc1cc([C@@H]2c3cc4c(cc3C(n3cc(-c5ccccn5)nn3)[C@@]3(C)COC(=O)[C@]23C)OCO4)cc(OC)c1OC. The van der Waals surface area contributed by atoms with E-state index in [9.17, 15) is 4.79 Å². The molecule has 0 amide bonds. The van der Waals surface area contributed by atoms with Crippen molar-refractivity contribution in [1.82, 2.24) is 20.0 Å². The van der Waals surface area contributed by atoms with Gasteiger partial charge >= 0.3 is 5.97 Å². The lowest BCUT2D eigenvalue weighted by atomic mass is 9.49. The second-order valence-electron chi connectivity index (χ2n) is 11.1. The van der Waals surface area contributed by atoms with Crippen molar-refractivity contribution in [3.8, 4) is 40.1 Å². The molecule has 11 heteroatoms. The maximum Gasteiger partial charge on any atom is 0.313 e. The maximum atomic E-state index is 14.0. The number of methoxy groups -OCH3 is 3. The summed E-state index contributed by atoms with van der Waals surface area (Å²) in [6.07, 6.45) is 3.59. The first kappa shape index (κ1) is 26.1. The Balaban J connectivity index is 1.50. The molecule has 4 aromatic rings. The van der Waals surface area contributed by atoms with Crippen LogP contribution < -0.4 is 23.7 Å². The summed E-state index contributed by atoms with van der Waals surface area (Å²) in [5.41, 5.74) is 2.14. The Bertz CT molecular complexity index is 1680. The zero-order valence-electron chi connectivity index (χ0n) is 23.9. The van der Waals surface area contributed by atoms with E-state index in [2.05, 4.69) is 22.2 Å². The fourth-order valence-electron chi connectivity index (χ4n) is 6.92. The highest BCUT2D eigenvalue weighted by molar-refractivity contribution is 5.84. The number of nitrogens with zero attached hydrogens (tertiary/aromatic N) is 4. The van der Waals surface area contributed by atoms with Crippen molar-refractivity contribution in [3.63, 3.8) is 0 Å². The number of ether oxygens (including phenoxy) is 6. The van der Waals surface area contributed by atoms with Crippen molar-refractivity contribution in [2.45, 2.75) is 25.8 Å². The molecule has 3 aliphatic rings. The molecule has 216 valence electrons. The molecular formula is C31H30N4O7. The lowest BCUT2D eigenvalue weighted by molar-refractivity contribution is -0.147. The molecule has 0 spiro atoms. The second-order valence-corrected chi connectivity index (χ2v) is 11.1. The van der Waals surface area contributed by atoms with Gasteiger partial charge in [-0.25, -0.2) is 4.68 Å². The predicted octanol–water partition coefficient (Wildman–Crippen LogP) is 4.40. The molecule has 2 aromatic carbocycles. The van der Waals surface area contributed by atoms with E-state index < -0.39 is 22.8 Å². The molecule has 42 heavy (non-hydrogen) atoms. The standard InChI is InChI=1S/C31H30N4O7/c1-30-15-40-29(36)31(30,2)26(17-10-24(37-3)27(39-5)25(11-17)38-4)18-12-22-23(42-16-41-22)13-19(18)28(30)35-14-21(33-34-35)20-8-6-7-9-32-20/h6-14,26,28H,15-16H2,1-5H3/t26-,28?,30-,31+/m1/s1. The fraction of sp³-hybridized carbons (Fsp3) is 0.355. The van der Waals surface area contributed by atoms with E-state index in [1.165, 1.54) is 0 Å². The van der Waals surface area contributed by atoms with E-state index in [1.807, 2.05) is 60.3 Å². The molecule has 2 aromatic heterocycles. The summed E-state index contributed by atoms with van der Waals surface area (Å²) in [5.74, 6) is 1.91. The molecule has 2 aliphatic heterocycles.